The van der Waals surface area contributed by atoms with Crippen LogP contribution in [0.4, 0.5) is 0 Å². The van der Waals surface area contributed by atoms with Crippen molar-refractivity contribution in [2.45, 2.75) is 110 Å². The molecule has 0 fully saturated rings. The standard InChI is InChI=1S/C26H43N2/c1-3-5-7-9-11-13-18-22-28-24-23-27(21-17-12-10-8-6-4-2)26(28)25-19-15-14-16-20-25/h14-16,19-20,23-24H,3-13,17-18,21-22H2,1-2H3/q+1. The Morgan fingerprint density at radius 2 is 1.25 bits per heavy atom. The van der Waals surface area contributed by atoms with Gasteiger partial charge in [0.15, 0.2) is 0 Å². The van der Waals surface area contributed by atoms with Crippen molar-refractivity contribution in [2.24, 2.45) is 0 Å². The highest BCUT2D eigenvalue weighted by Gasteiger charge is 2.18. The molecule has 1 heterocycles. The molecular weight excluding hydrogens is 340 g/mol. The van der Waals surface area contributed by atoms with E-state index in [0.29, 0.717) is 0 Å². The van der Waals surface area contributed by atoms with E-state index in [9.17, 15) is 0 Å². The van der Waals surface area contributed by atoms with Gasteiger partial charge in [0.2, 0.25) is 0 Å². The van der Waals surface area contributed by atoms with Gasteiger partial charge in [0, 0.05) is 0 Å². The summed E-state index contributed by atoms with van der Waals surface area (Å²) in [6.07, 6.45) is 22.3. The largest absolute Gasteiger partial charge is 0.288 e. The van der Waals surface area contributed by atoms with Crippen LogP contribution in [0.15, 0.2) is 42.7 Å². The molecule has 0 saturated carbocycles. The van der Waals surface area contributed by atoms with Gasteiger partial charge in [-0.15, -0.1) is 0 Å². The number of aryl methyl sites for hydroxylation is 2. The molecule has 0 aliphatic heterocycles. The van der Waals surface area contributed by atoms with Crippen LogP contribution in [-0.2, 0) is 13.1 Å². The maximum Gasteiger partial charge on any atom is 0.288 e. The van der Waals surface area contributed by atoms with Crippen LogP contribution in [0.25, 0.3) is 11.4 Å². The van der Waals surface area contributed by atoms with Crippen molar-refractivity contribution >= 4 is 0 Å². The van der Waals surface area contributed by atoms with E-state index < -0.39 is 0 Å². The summed E-state index contributed by atoms with van der Waals surface area (Å²) in [5.74, 6) is 1.39. The molecule has 0 saturated heterocycles. The van der Waals surface area contributed by atoms with Crippen LogP contribution in [0.1, 0.15) is 97.3 Å². The van der Waals surface area contributed by atoms with Gasteiger partial charge in [0.05, 0.1) is 18.7 Å². The number of aromatic nitrogens is 2. The molecule has 2 nitrogen and oxygen atoms in total. The predicted octanol–water partition coefficient (Wildman–Crippen LogP) is 7.55. The van der Waals surface area contributed by atoms with Crippen molar-refractivity contribution in [2.75, 3.05) is 0 Å². The summed E-state index contributed by atoms with van der Waals surface area (Å²) >= 11 is 0. The molecule has 0 aliphatic carbocycles. The van der Waals surface area contributed by atoms with Gasteiger partial charge in [-0.05, 0) is 37.8 Å². The molecule has 0 radical (unpaired) electrons. The Kier molecular flexibility index (Phi) is 11.7. The molecule has 1 aromatic carbocycles. The predicted molar refractivity (Wildman–Crippen MR) is 121 cm³/mol. The van der Waals surface area contributed by atoms with Gasteiger partial charge < -0.3 is 0 Å². The summed E-state index contributed by atoms with van der Waals surface area (Å²) in [5, 5.41) is 0. The molecule has 0 amide bonds. The number of unbranched alkanes of at least 4 members (excludes halogenated alkanes) is 11. The van der Waals surface area contributed by atoms with Gasteiger partial charge in [-0.1, -0.05) is 89.8 Å². The Balaban J connectivity index is 1.88. The summed E-state index contributed by atoms with van der Waals surface area (Å²) in [5.41, 5.74) is 1.35. The molecule has 0 bridgehead atoms. The second-order valence-electron chi connectivity index (χ2n) is 8.26. The Morgan fingerprint density at radius 1 is 0.679 bits per heavy atom. The van der Waals surface area contributed by atoms with Gasteiger partial charge in [-0.3, -0.25) is 0 Å². The minimum Gasteiger partial charge on any atom is -0.230 e. The first-order valence-electron chi connectivity index (χ1n) is 12.0. The molecule has 1 aromatic heterocycles. The third-order valence-electron chi connectivity index (χ3n) is 5.76. The van der Waals surface area contributed by atoms with E-state index in [1.807, 2.05) is 0 Å². The monoisotopic (exact) mass is 383 g/mol. The average molecular weight is 384 g/mol. The van der Waals surface area contributed by atoms with Crippen molar-refractivity contribution in [1.29, 1.82) is 0 Å². The Morgan fingerprint density at radius 3 is 1.89 bits per heavy atom. The molecule has 0 spiro atoms. The smallest absolute Gasteiger partial charge is 0.230 e. The molecule has 28 heavy (non-hydrogen) atoms. The van der Waals surface area contributed by atoms with Gasteiger partial charge in [0.25, 0.3) is 5.82 Å². The summed E-state index contributed by atoms with van der Waals surface area (Å²) in [6, 6.07) is 11.0. The lowest BCUT2D eigenvalue weighted by Crippen LogP contribution is -2.34. The summed E-state index contributed by atoms with van der Waals surface area (Å²) in [7, 11) is 0. The van der Waals surface area contributed by atoms with Crippen molar-refractivity contribution in [3.05, 3.63) is 42.7 Å². The van der Waals surface area contributed by atoms with Crippen LogP contribution in [0, 0.1) is 0 Å². The Hall–Kier alpha value is -1.57. The van der Waals surface area contributed by atoms with E-state index in [1.54, 1.807) is 0 Å². The lowest BCUT2D eigenvalue weighted by atomic mass is 10.1. The quantitative estimate of drug-likeness (QED) is 0.209. The van der Waals surface area contributed by atoms with Gasteiger partial charge in [0.1, 0.15) is 12.4 Å². The maximum absolute atomic E-state index is 2.48. The summed E-state index contributed by atoms with van der Waals surface area (Å²) in [6.45, 7) is 6.86. The van der Waals surface area contributed by atoms with E-state index in [0.717, 1.165) is 13.1 Å². The summed E-state index contributed by atoms with van der Waals surface area (Å²) < 4.78 is 4.97. The number of imidazole rings is 1. The van der Waals surface area contributed by atoms with E-state index in [-0.39, 0.29) is 0 Å². The minimum absolute atomic E-state index is 1.14. The normalized spacial score (nSPS) is 11.2. The fraction of sp³-hybridized carbons (Fsp3) is 0.654. The van der Waals surface area contributed by atoms with Gasteiger partial charge >= 0.3 is 0 Å². The number of nitrogens with zero attached hydrogens (tertiary/aromatic N) is 2. The molecule has 0 aliphatic rings. The van der Waals surface area contributed by atoms with Crippen molar-refractivity contribution in [3.8, 4) is 11.4 Å². The lowest BCUT2D eigenvalue weighted by Gasteiger charge is -2.06. The zero-order valence-corrected chi connectivity index (χ0v) is 18.5. The lowest BCUT2D eigenvalue weighted by molar-refractivity contribution is -0.686. The van der Waals surface area contributed by atoms with Crippen molar-refractivity contribution in [1.82, 2.24) is 4.57 Å². The van der Waals surface area contributed by atoms with Crippen LogP contribution in [-0.4, -0.2) is 4.57 Å². The van der Waals surface area contributed by atoms with Crippen LogP contribution < -0.4 is 4.57 Å². The molecular formula is C26H43N2+. The van der Waals surface area contributed by atoms with Crippen molar-refractivity contribution < 1.29 is 4.57 Å². The maximum atomic E-state index is 2.48. The van der Waals surface area contributed by atoms with E-state index >= 15 is 0 Å². The number of rotatable bonds is 16. The van der Waals surface area contributed by atoms with E-state index in [2.05, 4.69) is 65.7 Å². The van der Waals surface area contributed by atoms with E-state index in [1.165, 1.54) is 94.9 Å². The van der Waals surface area contributed by atoms with Gasteiger partial charge in [-0.2, -0.15) is 0 Å². The molecule has 0 atom stereocenters. The molecule has 2 aromatic rings. The van der Waals surface area contributed by atoms with Crippen molar-refractivity contribution in [3.63, 3.8) is 0 Å². The average Bonchev–Trinajstić information content (AvgIpc) is 3.13. The first-order chi connectivity index (χ1) is 13.9. The summed E-state index contributed by atoms with van der Waals surface area (Å²) in [4.78, 5) is 0. The molecule has 2 heteroatoms. The van der Waals surface area contributed by atoms with Crippen LogP contribution in [0.3, 0.4) is 0 Å². The number of hydrogen-bond donors (Lipinski definition) is 0. The minimum atomic E-state index is 1.14. The highest BCUT2D eigenvalue weighted by molar-refractivity contribution is 5.52. The topological polar surface area (TPSA) is 8.81 Å². The Bertz CT molecular complexity index is 615. The fourth-order valence-electron chi connectivity index (χ4n) is 4.05. The first kappa shape index (κ1) is 22.7. The second kappa shape index (κ2) is 14.4. The fourth-order valence-corrected chi connectivity index (χ4v) is 4.05. The number of benzene rings is 1. The highest BCUT2D eigenvalue weighted by Crippen LogP contribution is 2.18. The zero-order chi connectivity index (χ0) is 19.9. The molecule has 0 unspecified atom stereocenters. The van der Waals surface area contributed by atoms with Crippen LogP contribution in [0.2, 0.25) is 0 Å². The second-order valence-corrected chi connectivity index (χ2v) is 8.26. The zero-order valence-electron chi connectivity index (χ0n) is 18.5. The van der Waals surface area contributed by atoms with E-state index in [4.69, 9.17) is 0 Å². The Labute approximate surface area is 174 Å². The first-order valence-corrected chi connectivity index (χ1v) is 12.0. The third-order valence-corrected chi connectivity index (χ3v) is 5.76. The SMILES string of the molecule is CCCCCCCCCn1cc[n+](CCCCCCCC)c1-c1ccccc1. The molecule has 2 rings (SSSR count). The molecule has 156 valence electrons. The van der Waals surface area contributed by atoms with Crippen LogP contribution >= 0.6 is 0 Å². The van der Waals surface area contributed by atoms with Crippen LogP contribution in [0.5, 0.6) is 0 Å². The van der Waals surface area contributed by atoms with Gasteiger partial charge in [-0.25, -0.2) is 9.13 Å². The molecule has 0 N–H and O–H groups in total. The highest BCUT2D eigenvalue weighted by atomic mass is 15.1. The number of hydrogen-bond acceptors (Lipinski definition) is 0. The third kappa shape index (κ3) is 8.20.